The number of H-pyrrole nitrogens is 1. The number of hydrogen-bond acceptors (Lipinski definition) is 5. The normalized spacial score (nSPS) is 17.4. The van der Waals surface area contributed by atoms with E-state index in [-0.39, 0.29) is 11.6 Å². The van der Waals surface area contributed by atoms with Crippen LogP contribution in [0.4, 0.5) is 11.5 Å². The van der Waals surface area contributed by atoms with Gasteiger partial charge in [0.25, 0.3) is 11.6 Å². The number of aromatic amines is 1. The van der Waals surface area contributed by atoms with Crippen molar-refractivity contribution in [2.45, 2.75) is 18.9 Å². The summed E-state index contributed by atoms with van der Waals surface area (Å²) in [7, 11) is 0. The number of rotatable bonds is 4. The molecular formula is C14H14N4O4. The molecule has 2 heterocycles. The van der Waals surface area contributed by atoms with Crippen LogP contribution < -0.4 is 5.32 Å². The lowest BCUT2D eigenvalue weighted by Crippen LogP contribution is -2.26. The highest BCUT2D eigenvalue weighted by atomic mass is 16.6. The Labute approximate surface area is 125 Å². The number of anilines is 1. The second-order valence-electron chi connectivity index (χ2n) is 4.97. The smallest absolute Gasteiger partial charge is 0.270 e. The lowest BCUT2D eigenvalue weighted by atomic mass is 10.1. The topological polar surface area (TPSA) is 110 Å². The van der Waals surface area contributed by atoms with Crippen molar-refractivity contribution in [3.8, 4) is 11.3 Å². The van der Waals surface area contributed by atoms with Crippen LogP contribution in [0.25, 0.3) is 11.3 Å². The second kappa shape index (κ2) is 5.94. The minimum atomic E-state index is -0.458. The molecule has 1 aliphatic heterocycles. The highest BCUT2D eigenvalue weighted by Crippen LogP contribution is 2.24. The Morgan fingerprint density at radius 2 is 2.32 bits per heavy atom. The fourth-order valence-electron chi connectivity index (χ4n) is 2.31. The number of hydrogen-bond donors (Lipinski definition) is 2. The van der Waals surface area contributed by atoms with E-state index in [1.165, 1.54) is 12.1 Å². The molecular weight excluding hydrogens is 288 g/mol. The molecule has 114 valence electrons. The summed E-state index contributed by atoms with van der Waals surface area (Å²) in [4.78, 5) is 22.3. The Hall–Kier alpha value is -2.74. The fraction of sp³-hybridized carbons (Fsp3) is 0.286. The molecule has 0 saturated carbocycles. The average Bonchev–Trinajstić information content (AvgIpc) is 3.19. The summed E-state index contributed by atoms with van der Waals surface area (Å²) in [6.45, 7) is 0.595. The van der Waals surface area contributed by atoms with Crippen LogP contribution in [0.2, 0.25) is 0 Å². The van der Waals surface area contributed by atoms with Crippen molar-refractivity contribution in [1.82, 2.24) is 10.2 Å². The molecule has 1 atom stereocenters. The maximum Gasteiger partial charge on any atom is 0.270 e. The number of benzene rings is 1. The van der Waals surface area contributed by atoms with Gasteiger partial charge in [-0.2, -0.15) is 5.10 Å². The van der Waals surface area contributed by atoms with Crippen LogP contribution in [0.5, 0.6) is 0 Å². The highest BCUT2D eigenvalue weighted by molar-refractivity contribution is 5.93. The quantitative estimate of drug-likeness (QED) is 0.663. The van der Waals surface area contributed by atoms with Gasteiger partial charge >= 0.3 is 0 Å². The van der Waals surface area contributed by atoms with Gasteiger partial charge in [0, 0.05) is 30.4 Å². The van der Waals surface area contributed by atoms with Crippen molar-refractivity contribution in [2.24, 2.45) is 0 Å². The minimum Gasteiger partial charge on any atom is -0.368 e. The first-order valence-corrected chi connectivity index (χ1v) is 6.86. The van der Waals surface area contributed by atoms with Crippen molar-refractivity contribution in [3.63, 3.8) is 0 Å². The van der Waals surface area contributed by atoms with Crippen LogP contribution in [0, 0.1) is 10.1 Å². The van der Waals surface area contributed by atoms with Gasteiger partial charge in [0.2, 0.25) is 0 Å². The number of nitro benzene ring substituents is 1. The average molecular weight is 302 g/mol. The molecule has 0 spiro atoms. The number of nitro groups is 1. The van der Waals surface area contributed by atoms with E-state index in [0.717, 1.165) is 6.42 Å². The predicted molar refractivity (Wildman–Crippen MR) is 78.3 cm³/mol. The Bertz CT molecular complexity index is 706. The molecule has 22 heavy (non-hydrogen) atoms. The number of amides is 1. The van der Waals surface area contributed by atoms with Crippen molar-refractivity contribution < 1.29 is 14.5 Å². The lowest BCUT2D eigenvalue weighted by molar-refractivity contribution is -0.384. The Morgan fingerprint density at radius 3 is 3.05 bits per heavy atom. The summed E-state index contributed by atoms with van der Waals surface area (Å²) in [5, 5.41) is 20.2. The van der Waals surface area contributed by atoms with Gasteiger partial charge in [0.1, 0.15) is 6.10 Å². The third kappa shape index (κ3) is 2.96. The molecule has 0 aliphatic carbocycles. The molecule has 8 heteroatoms. The van der Waals surface area contributed by atoms with Gasteiger partial charge in [-0.15, -0.1) is 0 Å². The van der Waals surface area contributed by atoms with Crippen LogP contribution in [-0.4, -0.2) is 33.7 Å². The van der Waals surface area contributed by atoms with E-state index in [1.807, 2.05) is 0 Å². The van der Waals surface area contributed by atoms with E-state index >= 15 is 0 Å². The van der Waals surface area contributed by atoms with E-state index in [2.05, 4.69) is 15.5 Å². The SMILES string of the molecule is O=C(Nc1cc(-c2cccc([N+](=O)[O-])c2)[nH]n1)[C@@H]1CCCO1. The van der Waals surface area contributed by atoms with Crippen molar-refractivity contribution >= 4 is 17.4 Å². The summed E-state index contributed by atoms with van der Waals surface area (Å²) >= 11 is 0. The zero-order chi connectivity index (χ0) is 15.5. The standard InChI is InChI=1S/C14H14N4O4/c19-14(12-5-2-6-22-12)15-13-8-11(16-17-13)9-3-1-4-10(7-9)18(20)21/h1,3-4,7-8,12H,2,5-6H2,(H2,15,16,17,19)/t12-/m0/s1. The summed E-state index contributed by atoms with van der Waals surface area (Å²) in [6.07, 6.45) is 1.14. The molecule has 1 saturated heterocycles. The van der Waals surface area contributed by atoms with Gasteiger partial charge in [-0.3, -0.25) is 20.0 Å². The maximum atomic E-state index is 11.9. The Morgan fingerprint density at radius 1 is 1.45 bits per heavy atom. The third-order valence-electron chi connectivity index (χ3n) is 3.42. The molecule has 0 radical (unpaired) electrons. The predicted octanol–water partition coefficient (Wildman–Crippen LogP) is 2.10. The lowest BCUT2D eigenvalue weighted by Gasteiger charge is -2.07. The van der Waals surface area contributed by atoms with Crippen molar-refractivity contribution in [1.29, 1.82) is 0 Å². The molecule has 3 rings (SSSR count). The van der Waals surface area contributed by atoms with Crippen LogP contribution in [0.3, 0.4) is 0 Å². The van der Waals surface area contributed by atoms with E-state index in [4.69, 9.17) is 4.74 Å². The zero-order valence-electron chi connectivity index (χ0n) is 11.6. The molecule has 2 aromatic rings. The molecule has 8 nitrogen and oxygen atoms in total. The van der Waals surface area contributed by atoms with Gasteiger partial charge in [-0.05, 0) is 12.8 Å². The number of carbonyl (C=O) groups excluding carboxylic acids is 1. The maximum absolute atomic E-state index is 11.9. The van der Waals surface area contributed by atoms with Gasteiger partial charge in [-0.25, -0.2) is 0 Å². The van der Waals surface area contributed by atoms with Crippen LogP contribution in [0.15, 0.2) is 30.3 Å². The van der Waals surface area contributed by atoms with Gasteiger partial charge < -0.3 is 10.1 Å². The summed E-state index contributed by atoms with van der Waals surface area (Å²) < 4.78 is 5.30. The molecule has 0 unspecified atom stereocenters. The molecule has 1 aliphatic rings. The zero-order valence-corrected chi connectivity index (χ0v) is 11.6. The third-order valence-corrected chi connectivity index (χ3v) is 3.42. The number of aromatic nitrogens is 2. The fourth-order valence-corrected chi connectivity index (χ4v) is 2.31. The van der Waals surface area contributed by atoms with Gasteiger partial charge in [-0.1, -0.05) is 12.1 Å². The molecule has 1 fully saturated rings. The first kappa shape index (κ1) is 14.2. The summed E-state index contributed by atoms with van der Waals surface area (Å²) in [6, 6.07) is 7.82. The van der Waals surface area contributed by atoms with Crippen LogP contribution in [0.1, 0.15) is 12.8 Å². The number of nitrogens with one attached hydrogen (secondary N) is 2. The first-order valence-electron chi connectivity index (χ1n) is 6.86. The Balaban J connectivity index is 1.74. The number of ether oxygens (including phenoxy) is 1. The second-order valence-corrected chi connectivity index (χ2v) is 4.97. The summed E-state index contributed by atoms with van der Waals surface area (Å²) in [5.74, 6) is 0.136. The van der Waals surface area contributed by atoms with Gasteiger partial charge in [0.05, 0.1) is 10.6 Å². The number of non-ortho nitro benzene ring substituents is 1. The van der Waals surface area contributed by atoms with E-state index in [9.17, 15) is 14.9 Å². The van der Waals surface area contributed by atoms with E-state index in [1.54, 1.807) is 18.2 Å². The molecule has 0 bridgehead atoms. The molecule has 1 aromatic heterocycles. The van der Waals surface area contributed by atoms with Crippen LogP contribution in [-0.2, 0) is 9.53 Å². The Kier molecular flexibility index (Phi) is 3.84. The molecule has 1 aromatic carbocycles. The number of carbonyl (C=O) groups is 1. The van der Waals surface area contributed by atoms with E-state index < -0.39 is 11.0 Å². The van der Waals surface area contributed by atoms with Gasteiger partial charge in [0.15, 0.2) is 5.82 Å². The molecule has 2 N–H and O–H groups in total. The monoisotopic (exact) mass is 302 g/mol. The minimum absolute atomic E-state index is 0.00274. The largest absolute Gasteiger partial charge is 0.368 e. The van der Waals surface area contributed by atoms with Crippen LogP contribution >= 0.6 is 0 Å². The summed E-state index contributed by atoms with van der Waals surface area (Å²) in [5.41, 5.74) is 1.21. The van der Waals surface area contributed by atoms with Crippen molar-refractivity contribution in [3.05, 3.63) is 40.4 Å². The first-order chi connectivity index (χ1) is 10.6. The van der Waals surface area contributed by atoms with Crippen molar-refractivity contribution in [2.75, 3.05) is 11.9 Å². The highest BCUT2D eigenvalue weighted by Gasteiger charge is 2.24. The number of nitrogens with zero attached hydrogens (tertiary/aromatic N) is 2. The van der Waals surface area contributed by atoms with E-state index in [0.29, 0.717) is 30.1 Å². The molecule has 1 amide bonds.